The molecule has 2 saturated heterocycles. The molecule has 2 aromatic rings. The van der Waals surface area contributed by atoms with E-state index >= 15 is 0 Å². The Kier molecular flexibility index (Phi) is 3.76. The number of thiophene rings is 1. The molecule has 0 unspecified atom stereocenters. The Hall–Kier alpha value is -1.24. The monoisotopic (exact) mass is 319 g/mol. The molecule has 4 heterocycles. The summed E-state index contributed by atoms with van der Waals surface area (Å²) in [5, 5.41) is 3.88. The summed E-state index contributed by atoms with van der Waals surface area (Å²) in [4.78, 5) is 9.74. The van der Waals surface area contributed by atoms with Crippen molar-refractivity contribution in [2.24, 2.45) is 0 Å². The number of fused-ring (bicyclic) bond motifs is 1. The summed E-state index contributed by atoms with van der Waals surface area (Å²) in [5.41, 5.74) is 0. The zero-order chi connectivity index (χ0) is 15.1. The highest BCUT2D eigenvalue weighted by molar-refractivity contribution is 7.11. The molecule has 3 atom stereocenters. The van der Waals surface area contributed by atoms with Crippen LogP contribution in [0.4, 0.5) is 0 Å². The van der Waals surface area contributed by atoms with Gasteiger partial charge in [0.05, 0.1) is 6.10 Å². The van der Waals surface area contributed by atoms with E-state index in [1.165, 1.54) is 9.75 Å². The van der Waals surface area contributed by atoms with E-state index in [2.05, 4.69) is 34.1 Å². The molecule has 0 amide bonds. The third-order valence-corrected chi connectivity index (χ3v) is 5.62. The first-order valence-electron chi connectivity index (χ1n) is 7.94. The lowest BCUT2D eigenvalue weighted by Gasteiger charge is -2.34. The molecule has 22 heavy (non-hydrogen) atoms. The van der Waals surface area contributed by atoms with Crippen molar-refractivity contribution in [2.75, 3.05) is 6.54 Å². The highest BCUT2D eigenvalue weighted by Gasteiger charge is 2.41. The summed E-state index contributed by atoms with van der Waals surface area (Å²) in [5.74, 6) is 1.32. The van der Waals surface area contributed by atoms with Gasteiger partial charge in [0, 0.05) is 28.9 Å². The lowest BCUT2D eigenvalue weighted by Crippen LogP contribution is -2.40. The maximum Gasteiger partial charge on any atom is 0.255 e. The molecule has 2 aliphatic rings. The van der Waals surface area contributed by atoms with Crippen molar-refractivity contribution in [2.45, 2.75) is 57.9 Å². The quantitative estimate of drug-likeness (QED) is 0.869. The second-order valence-electron chi connectivity index (χ2n) is 6.26. The molecule has 0 spiro atoms. The third kappa shape index (κ3) is 2.71. The first kappa shape index (κ1) is 14.4. The summed E-state index contributed by atoms with van der Waals surface area (Å²) >= 11 is 1.90. The van der Waals surface area contributed by atoms with Gasteiger partial charge >= 0.3 is 0 Å². The largest absolute Gasteiger partial charge is 0.363 e. The number of likely N-dealkylation sites (tertiary alicyclic amines) is 1. The number of nitrogens with zero attached hydrogens (tertiary/aromatic N) is 3. The average Bonchev–Trinajstić information content (AvgIpc) is 3.21. The first-order valence-corrected chi connectivity index (χ1v) is 8.76. The van der Waals surface area contributed by atoms with Gasteiger partial charge in [0.1, 0.15) is 6.10 Å². The van der Waals surface area contributed by atoms with E-state index in [1.54, 1.807) is 0 Å². The van der Waals surface area contributed by atoms with Crippen LogP contribution in [0, 0.1) is 13.8 Å². The molecule has 6 heteroatoms. The summed E-state index contributed by atoms with van der Waals surface area (Å²) in [6.07, 6.45) is 3.47. The highest BCUT2D eigenvalue weighted by Crippen LogP contribution is 2.38. The van der Waals surface area contributed by atoms with Gasteiger partial charge in [0.2, 0.25) is 0 Å². The Bertz CT molecular complexity index is 653. The zero-order valence-electron chi connectivity index (χ0n) is 13.0. The fourth-order valence-corrected chi connectivity index (χ4v) is 4.52. The standard InChI is InChI=1S/C16H21N3O2S/c1-10-3-4-12(22-10)9-19-8-7-14-13(19)5-6-15(20-14)16-17-11(2)18-21-16/h3-4,13-15H,5-9H2,1-2H3/t13-,14-,15+/m1/s1. The maximum atomic E-state index is 6.25. The van der Waals surface area contributed by atoms with Gasteiger partial charge in [-0.25, -0.2) is 0 Å². The van der Waals surface area contributed by atoms with Gasteiger partial charge in [-0.05, 0) is 45.2 Å². The van der Waals surface area contributed by atoms with Gasteiger partial charge < -0.3 is 9.26 Å². The molecule has 0 radical (unpaired) electrons. The molecular formula is C16H21N3O2S. The highest BCUT2D eigenvalue weighted by atomic mass is 32.1. The summed E-state index contributed by atoms with van der Waals surface area (Å²) in [7, 11) is 0. The van der Waals surface area contributed by atoms with E-state index < -0.39 is 0 Å². The maximum absolute atomic E-state index is 6.25. The Morgan fingerprint density at radius 2 is 2.18 bits per heavy atom. The van der Waals surface area contributed by atoms with Crippen LogP contribution in [0.15, 0.2) is 16.7 Å². The molecule has 0 N–H and O–H groups in total. The van der Waals surface area contributed by atoms with Crippen molar-refractivity contribution in [3.05, 3.63) is 33.6 Å². The van der Waals surface area contributed by atoms with Crippen LogP contribution >= 0.6 is 11.3 Å². The summed E-state index contributed by atoms with van der Waals surface area (Å²) < 4.78 is 11.5. The smallest absolute Gasteiger partial charge is 0.255 e. The number of ether oxygens (including phenoxy) is 1. The molecule has 0 aliphatic carbocycles. The fraction of sp³-hybridized carbons (Fsp3) is 0.625. The minimum Gasteiger partial charge on any atom is -0.363 e. The Morgan fingerprint density at radius 1 is 1.27 bits per heavy atom. The third-order valence-electron chi connectivity index (χ3n) is 4.64. The number of hydrogen-bond donors (Lipinski definition) is 0. The van der Waals surface area contributed by atoms with Gasteiger partial charge in [0.15, 0.2) is 5.82 Å². The van der Waals surface area contributed by atoms with Gasteiger partial charge in [0.25, 0.3) is 5.89 Å². The van der Waals surface area contributed by atoms with Crippen LogP contribution < -0.4 is 0 Å². The molecule has 0 aromatic carbocycles. The molecule has 2 aliphatic heterocycles. The van der Waals surface area contributed by atoms with E-state index in [9.17, 15) is 0 Å². The lowest BCUT2D eigenvalue weighted by molar-refractivity contribution is -0.0831. The van der Waals surface area contributed by atoms with Crippen LogP contribution in [0.3, 0.4) is 0 Å². The Labute approximate surface area is 134 Å². The minimum atomic E-state index is -0.0219. The SMILES string of the molecule is Cc1noc([C@@H]2CC[C@@H]3[C@@H](CCN3Cc3ccc(C)s3)O2)n1. The van der Waals surface area contributed by atoms with Crippen molar-refractivity contribution in [3.63, 3.8) is 0 Å². The molecule has 0 saturated carbocycles. The number of aromatic nitrogens is 2. The van der Waals surface area contributed by atoms with Crippen LogP contribution in [0.1, 0.15) is 46.8 Å². The molecule has 0 bridgehead atoms. The molecule has 118 valence electrons. The van der Waals surface area contributed by atoms with E-state index in [-0.39, 0.29) is 6.10 Å². The average molecular weight is 319 g/mol. The molecular weight excluding hydrogens is 298 g/mol. The van der Waals surface area contributed by atoms with Crippen LogP contribution in [0.2, 0.25) is 0 Å². The zero-order valence-corrected chi connectivity index (χ0v) is 13.8. The molecule has 2 aromatic heterocycles. The predicted octanol–water partition coefficient (Wildman–Crippen LogP) is 3.24. The van der Waals surface area contributed by atoms with Crippen molar-refractivity contribution in [3.8, 4) is 0 Å². The van der Waals surface area contributed by atoms with E-state index in [1.807, 2.05) is 18.3 Å². The van der Waals surface area contributed by atoms with Crippen LogP contribution in [-0.4, -0.2) is 33.7 Å². The van der Waals surface area contributed by atoms with E-state index in [0.29, 0.717) is 23.9 Å². The second-order valence-corrected chi connectivity index (χ2v) is 7.63. The molecule has 4 rings (SSSR count). The van der Waals surface area contributed by atoms with Crippen molar-refractivity contribution in [1.29, 1.82) is 0 Å². The fourth-order valence-electron chi connectivity index (χ4n) is 3.61. The van der Waals surface area contributed by atoms with Crippen molar-refractivity contribution < 1.29 is 9.26 Å². The van der Waals surface area contributed by atoms with Crippen molar-refractivity contribution >= 4 is 11.3 Å². The molecule has 2 fully saturated rings. The van der Waals surface area contributed by atoms with E-state index in [4.69, 9.17) is 9.26 Å². The van der Waals surface area contributed by atoms with Crippen LogP contribution in [-0.2, 0) is 11.3 Å². The van der Waals surface area contributed by atoms with Gasteiger partial charge in [-0.3, -0.25) is 4.90 Å². The van der Waals surface area contributed by atoms with Gasteiger partial charge in [-0.1, -0.05) is 5.16 Å². The number of hydrogen-bond acceptors (Lipinski definition) is 6. The lowest BCUT2D eigenvalue weighted by atomic mass is 9.99. The molecule has 5 nitrogen and oxygen atoms in total. The van der Waals surface area contributed by atoms with Gasteiger partial charge in [-0.2, -0.15) is 4.98 Å². The summed E-state index contributed by atoms with van der Waals surface area (Å²) in [6.45, 7) is 6.18. The number of aryl methyl sites for hydroxylation is 2. The second kappa shape index (κ2) is 5.76. The van der Waals surface area contributed by atoms with Crippen LogP contribution in [0.5, 0.6) is 0 Å². The predicted molar refractivity (Wildman–Crippen MR) is 83.8 cm³/mol. The Balaban J connectivity index is 1.41. The normalized spacial score (nSPS) is 28.9. The first-order chi connectivity index (χ1) is 10.7. The Morgan fingerprint density at radius 3 is 2.91 bits per heavy atom. The topological polar surface area (TPSA) is 51.4 Å². The summed E-state index contributed by atoms with van der Waals surface area (Å²) in [6, 6.07) is 4.99. The number of rotatable bonds is 3. The van der Waals surface area contributed by atoms with Crippen LogP contribution in [0.25, 0.3) is 0 Å². The van der Waals surface area contributed by atoms with E-state index in [0.717, 1.165) is 32.4 Å². The van der Waals surface area contributed by atoms with Crippen molar-refractivity contribution in [1.82, 2.24) is 15.0 Å². The minimum absolute atomic E-state index is 0.0219. The van der Waals surface area contributed by atoms with Gasteiger partial charge in [-0.15, -0.1) is 11.3 Å².